The molecule has 0 N–H and O–H groups in total. The number of rotatable bonds is 16. The van der Waals surface area contributed by atoms with E-state index in [1.165, 1.54) is 99.3 Å². The number of hydrogen-bond acceptors (Lipinski definition) is 1. The fraction of sp³-hybridized carbons (Fsp3) is 0.529. The quantitative estimate of drug-likeness (QED) is 0.175. The van der Waals surface area contributed by atoms with Crippen molar-refractivity contribution in [2.24, 2.45) is 11.8 Å². The van der Waals surface area contributed by atoms with Gasteiger partial charge in [-0.1, -0.05) is 92.4 Å². The Kier molecular flexibility index (Phi) is 13.0. The van der Waals surface area contributed by atoms with Crippen LogP contribution in [0.1, 0.15) is 93.4 Å². The van der Waals surface area contributed by atoms with Gasteiger partial charge in [0.1, 0.15) is 0 Å². The van der Waals surface area contributed by atoms with Crippen LogP contribution >= 0.6 is 0 Å². The van der Waals surface area contributed by atoms with Gasteiger partial charge in [0.15, 0.2) is 0 Å². The van der Waals surface area contributed by atoms with Crippen molar-refractivity contribution in [2.75, 3.05) is 6.61 Å². The molecule has 2 aromatic carbocycles. The first-order chi connectivity index (χ1) is 17.3. The minimum absolute atomic E-state index is 0.612. The van der Waals surface area contributed by atoms with Gasteiger partial charge >= 0.3 is 0 Å². The highest BCUT2D eigenvalue weighted by Crippen LogP contribution is 2.33. The van der Waals surface area contributed by atoms with Crippen molar-refractivity contribution in [3.05, 3.63) is 95.6 Å². The topological polar surface area (TPSA) is 9.23 Å². The van der Waals surface area contributed by atoms with Gasteiger partial charge in [0.25, 0.3) is 0 Å². The first-order valence-corrected chi connectivity index (χ1v) is 14.2. The Labute approximate surface area is 215 Å². The van der Waals surface area contributed by atoms with Gasteiger partial charge in [-0.3, -0.25) is 0 Å². The lowest BCUT2D eigenvalue weighted by Crippen LogP contribution is -2.14. The summed E-state index contributed by atoms with van der Waals surface area (Å²) in [6, 6.07) is 18.3. The summed E-state index contributed by atoms with van der Waals surface area (Å²) < 4.78 is 5.51. The minimum atomic E-state index is 0.612. The lowest BCUT2D eigenvalue weighted by atomic mass is 9.78. The van der Waals surface area contributed by atoms with Crippen LogP contribution in [-0.4, -0.2) is 6.61 Å². The molecule has 190 valence electrons. The molecular formula is C34H48O. The van der Waals surface area contributed by atoms with Crippen molar-refractivity contribution in [3.63, 3.8) is 0 Å². The normalized spacial score (nSPS) is 18.2. The maximum atomic E-state index is 5.51. The van der Waals surface area contributed by atoms with Crippen LogP contribution in [0.3, 0.4) is 0 Å². The van der Waals surface area contributed by atoms with E-state index in [-0.39, 0.29) is 0 Å². The van der Waals surface area contributed by atoms with E-state index in [1.807, 2.05) is 0 Å². The van der Waals surface area contributed by atoms with Crippen molar-refractivity contribution in [3.8, 4) is 0 Å². The van der Waals surface area contributed by atoms with Crippen molar-refractivity contribution in [2.45, 2.75) is 97.0 Å². The minimum Gasteiger partial charge on any atom is -0.373 e. The number of allylic oxidation sites excluding steroid dienone is 2. The van der Waals surface area contributed by atoms with Crippen LogP contribution in [0.2, 0.25) is 0 Å². The molecule has 35 heavy (non-hydrogen) atoms. The fourth-order valence-corrected chi connectivity index (χ4v) is 5.44. The van der Waals surface area contributed by atoms with Crippen LogP contribution in [0.4, 0.5) is 0 Å². The molecule has 3 rings (SSSR count). The lowest BCUT2D eigenvalue weighted by molar-refractivity contribution is 0.149. The Morgan fingerprint density at radius 3 is 1.71 bits per heavy atom. The molecule has 0 atom stereocenters. The van der Waals surface area contributed by atoms with E-state index in [0.29, 0.717) is 13.2 Å². The number of aryl methyl sites for hydroxylation is 3. The highest BCUT2D eigenvalue weighted by Gasteiger charge is 2.19. The fourth-order valence-electron chi connectivity index (χ4n) is 5.44. The van der Waals surface area contributed by atoms with E-state index in [9.17, 15) is 0 Å². The Hall–Kier alpha value is -2.12. The second kappa shape index (κ2) is 16.5. The zero-order valence-corrected chi connectivity index (χ0v) is 22.2. The average Bonchev–Trinajstić information content (AvgIpc) is 2.90. The standard InChI is InChI=1S/C34H48O/c1-3-5-10-29-15-17-30(18-16-29)11-6-7-12-31-19-21-32(22-20-31)13-8-9-14-33-23-25-34(26-24-33)28-35-27-4-2/h3-5,19-26,29-30H,2,6-18,27-28H2,1H3/b5-3+. The molecule has 2 aromatic rings. The van der Waals surface area contributed by atoms with Gasteiger partial charge < -0.3 is 4.74 Å². The van der Waals surface area contributed by atoms with Gasteiger partial charge in [0.2, 0.25) is 0 Å². The van der Waals surface area contributed by atoms with E-state index in [1.54, 1.807) is 6.08 Å². The summed E-state index contributed by atoms with van der Waals surface area (Å²) in [7, 11) is 0. The molecule has 0 unspecified atom stereocenters. The third-order valence-corrected chi connectivity index (χ3v) is 7.73. The van der Waals surface area contributed by atoms with Crippen molar-refractivity contribution in [1.29, 1.82) is 0 Å². The molecule has 0 amide bonds. The third kappa shape index (κ3) is 11.0. The molecule has 0 heterocycles. The number of ether oxygens (including phenoxy) is 1. The smallest absolute Gasteiger partial charge is 0.0721 e. The molecule has 1 heteroatoms. The Bertz CT molecular complexity index is 837. The van der Waals surface area contributed by atoms with E-state index in [0.717, 1.165) is 18.3 Å². The molecule has 0 aromatic heterocycles. The molecule has 1 nitrogen and oxygen atoms in total. The van der Waals surface area contributed by atoms with Crippen molar-refractivity contribution >= 4 is 0 Å². The van der Waals surface area contributed by atoms with Crippen LogP contribution < -0.4 is 0 Å². The molecule has 0 bridgehead atoms. The Morgan fingerprint density at radius 1 is 0.714 bits per heavy atom. The molecule has 0 aliphatic heterocycles. The first-order valence-electron chi connectivity index (χ1n) is 14.2. The average molecular weight is 473 g/mol. The lowest BCUT2D eigenvalue weighted by Gasteiger charge is -2.27. The van der Waals surface area contributed by atoms with Gasteiger partial charge in [-0.15, -0.1) is 6.58 Å². The molecule has 0 radical (unpaired) electrons. The summed E-state index contributed by atoms with van der Waals surface area (Å²) >= 11 is 0. The highest BCUT2D eigenvalue weighted by molar-refractivity contribution is 5.23. The first kappa shape index (κ1) is 27.5. The Balaban J connectivity index is 1.23. The largest absolute Gasteiger partial charge is 0.373 e. The van der Waals surface area contributed by atoms with Crippen LogP contribution in [0.15, 0.2) is 73.3 Å². The SMILES string of the molecule is C=CCOCc1ccc(CCCCc2ccc(CCCCC3CCC(C/C=C/C)CC3)cc2)cc1. The molecule has 1 saturated carbocycles. The van der Waals surface area contributed by atoms with E-state index in [4.69, 9.17) is 4.74 Å². The van der Waals surface area contributed by atoms with Crippen molar-refractivity contribution in [1.82, 2.24) is 0 Å². The van der Waals surface area contributed by atoms with Gasteiger partial charge in [-0.2, -0.15) is 0 Å². The maximum Gasteiger partial charge on any atom is 0.0721 e. The monoisotopic (exact) mass is 472 g/mol. The predicted molar refractivity (Wildman–Crippen MR) is 152 cm³/mol. The second-order valence-corrected chi connectivity index (χ2v) is 10.6. The van der Waals surface area contributed by atoms with Crippen molar-refractivity contribution < 1.29 is 4.74 Å². The Morgan fingerprint density at radius 2 is 1.20 bits per heavy atom. The van der Waals surface area contributed by atoms with Crippen LogP contribution in [0.25, 0.3) is 0 Å². The summed E-state index contributed by atoms with van der Waals surface area (Å²) in [5.41, 5.74) is 5.66. The maximum absolute atomic E-state index is 5.51. The number of benzene rings is 2. The molecule has 1 aliphatic carbocycles. The molecule has 1 fully saturated rings. The molecule has 0 saturated heterocycles. The van der Waals surface area contributed by atoms with Gasteiger partial charge in [-0.05, 0) is 98.8 Å². The summed E-state index contributed by atoms with van der Waals surface area (Å²) in [5, 5.41) is 0. The summed E-state index contributed by atoms with van der Waals surface area (Å²) in [5.74, 6) is 1.95. The second-order valence-electron chi connectivity index (χ2n) is 10.6. The van der Waals surface area contributed by atoms with Gasteiger partial charge in [-0.25, -0.2) is 0 Å². The molecular weight excluding hydrogens is 424 g/mol. The van der Waals surface area contributed by atoms with E-state index >= 15 is 0 Å². The zero-order chi connectivity index (χ0) is 24.6. The summed E-state index contributed by atoms with van der Waals surface area (Å²) in [4.78, 5) is 0. The highest BCUT2D eigenvalue weighted by atomic mass is 16.5. The predicted octanol–water partition coefficient (Wildman–Crippen LogP) is 9.44. The summed E-state index contributed by atoms with van der Waals surface area (Å²) in [6.45, 7) is 7.11. The number of unbranched alkanes of at least 4 members (excludes halogenated alkanes) is 2. The number of hydrogen-bond donors (Lipinski definition) is 0. The summed E-state index contributed by atoms with van der Waals surface area (Å²) in [6.07, 6.45) is 23.8. The van der Waals surface area contributed by atoms with Gasteiger partial charge in [0, 0.05) is 0 Å². The third-order valence-electron chi connectivity index (χ3n) is 7.73. The van der Waals surface area contributed by atoms with Crippen LogP contribution in [-0.2, 0) is 30.6 Å². The molecule has 0 spiro atoms. The van der Waals surface area contributed by atoms with Gasteiger partial charge in [0.05, 0.1) is 13.2 Å². The van der Waals surface area contributed by atoms with E-state index in [2.05, 4.69) is 74.2 Å². The van der Waals surface area contributed by atoms with Crippen LogP contribution in [0, 0.1) is 11.8 Å². The zero-order valence-electron chi connectivity index (χ0n) is 22.2. The molecule has 1 aliphatic rings. The van der Waals surface area contributed by atoms with Crippen LogP contribution in [0.5, 0.6) is 0 Å². The van der Waals surface area contributed by atoms with E-state index < -0.39 is 0 Å².